The van der Waals surface area contributed by atoms with Crippen molar-refractivity contribution >= 4 is 0 Å². The largest absolute Gasteiger partial charge is 0.388 e. The van der Waals surface area contributed by atoms with E-state index in [1.807, 2.05) is 6.07 Å². The molecule has 0 bridgehead atoms. The number of nitrogens with two attached hydrogens (primary N) is 1. The zero-order valence-corrected chi connectivity index (χ0v) is 9.83. The van der Waals surface area contributed by atoms with Gasteiger partial charge >= 0.3 is 0 Å². The summed E-state index contributed by atoms with van der Waals surface area (Å²) >= 11 is 0. The van der Waals surface area contributed by atoms with E-state index in [4.69, 9.17) is 5.73 Å². The van der Waals surface area contributed by atoms with Gasteiger partial charge in [-0.3, -0.25) is 0 Å². The summed E-state index contributed by atoms with van der Waals surface area (Å²) in [4.78, 5) is 0. The average molecular weight is 207 g/mol. The van der Waals surface area contributed by atoms with Gasteiger partial charge in [0, 0.05) is 5.92 Å². The lowest BCUT2D eigenvalue weighted by Gasteiger charge is -2.20. The van der Waals surface area contributed by atoms with Gasteiger partial charge in [-0.05, 0) is 43.5 Å². The topological polar surface area (TPSA) is 46.2 Å². The Kier molecular flexibility index (Phi) is 4.30. The second-order valence-corrected chi connectivity index (χ2v) is 4.19. The summed E-state index contributed by atoms with van der Waals surface area (Å²) in [5.41, 5.74) is 9.09. The standard InChI is InChI=1S/C13H21NO/c1-4-11(8-14)13(15)12-6-5-9(2)10(3)7-12/h5-7,11,13,15H,4,8,14H2,1-3H3. The van der Waals surface area contributed by atoms with Crippen LogP contribution in [0.1, 0.15) is 36.1 Å². The molecule has 2 atom stereocenters. The van der Waals surface area contributed by atoms with Crippen molar-refractivity contribution in [3.8, 4) is 0 Å². The van der Waals surface area contributed by atoms with E-state index in [2.05, 4.69) is 32.9 Å². The molecule has 0 aliphatic carbocycles. The maximum absolute atomic E-state index is 10.1. The molecule has 2 nitrogen and oxygen atoms in total. The van der Waals surface area contributed by atoms with Gasteiger partial charge in [0.15, 0.2) is 0 Å². The number of aliphatic hydroxyl groups excluding tert-OH is 1. The fraction of sp³-hybridized carbons (Fsp3) is 0.538. The maximum atomic E-state index is 10.1. The van der Waals surface area contributed by atoms with E-state index in [1.54, 1.807) is 0 Å². The van der Waals surface area contributed by atoms with Gasteiger partial charge in [-0.25, -0.2) is 0 Å². The maximum Gasteiger partial charge on any atom is 0.0830 e. The Morgan fingerprint density at radius 1 is 1.27 bits per heavy atom. The van der Waals surface area contributed by atoms with Crippen LogP contribution in [0.4, 0.5) is 0 Å². The summed E-state index contributed by atoms with van der Waals surface area (Å²) in [6.07, 6.45) is 0.476. The molecule has 0 heterocycles. The third kappa shape index (κ3) is 2.80. The molecule has 3 N–H and O–H groups in total. The average Bonchev–Trinajstić information content (AvgIpc) is 2.23. The van der Waals surface area contributed by atoms with E-state index < -0.39 is 6.10 Å². The third-order valence-corrected chi connectivity index (χ3v) is 3.15. The first-order chi connectivity index (χ1) is 7.10. The molecule has 1 aromatic carbocycles. The molecular weight excluding hydrogens is 186 g/mol. The molecule has 0 saturated carbocycles. The minimum absolute atomic E-state index is 0.159. The highest BCUT2D eigenvalue weighted by Crippen LogP contribution is 2.25. The molecule has 0 radical (unpaired) electrons. The van der Waals surface area contributed by atoms with Gasteiger partial charge < -0.3 is 10.8 Å². The summed E-state index contributed by atoms with van der Waals surface area (Å²) in [5.74, 6) is 0.159. The number of hydrogen-bond donors (Lipinski definition) is 2. The number of rotatable bonds is 4. The number of hydrogen-bond acceptors (Lipinski definition) is 2. The molecule has 0 amide bonds. The number of aliphatic hydroxyl groups is 1. The van der Waals surface area contributed by atoms with E-state index in [0.717, 1.165) is 12.0 Å². The van der Waals surface area contributed by atoms with Gasteiger partial charge in [-0.2, -0.15) is 0 Å². The van der Waals surface area contributed by atoms with Crippen LogP contribution in [0, 0.1) is 19.8 Å². The Labute approximate surface area is 92.1 Å². The summed E-state index contributed by atoms with van der Waals surface area (Å²) in [6, 6.07) is 6.10. The molecule has 2 unspecified atom stereocenters. The lowest BCUT2D eigenvalue weighted by atomic mass is 9.92. The van der Waals surface area contributed by atoms with Crippen molar-refractivity contribution < 1.29 is 5.11 Å². The Hall–Kier alpha value is -0.860. The van der Waals surface area contributed by atoms with Crippen LogP contribution in [-0.2, 0) is 0 Å². The van der Waals surface area contributed by atoms with E-state index in [-0.39, 0.29) is 5.92 Å². The smallest absolute Gasteiger partial charge is 0.0830 e. The Morgan fingerprint density at radius 2 is 1.93 bits per heavy atom. The number of aryl methyl sites for hydroxylation is 2. The van der Waals surface area contributed by atoms with Gasteiger partial charge in [0.05, 0.1) is 6.10 Å². The molecule has 0 aliphatic heterocycles. The van der Waals surface area contributed by atoms with E-state index in [9.17, 15) is 5.11 Å². The highest BCUT2D eigenvalue weighted by molar-refractivity contribution is 5.31. The first kappa shape index (κ1) is 12.2. The van der Waals surface area contributed by atoms with Gasteiger partial charge in [0.1, 0.15) is 0 Å². The molecule has 1 aromatic rings. The molecule has 0 aromatic heterocycles. The molecule has 2 heteroatoms. The van der Waals surface area contributed by atoms with Crippen molar-refractivity contribution in [3.63, 3.8) is 0 Å². The van der Waals surface area contributed by atoms with Gasteiger partial charge in [0.2, 0.25) is 0 Å². The third-order valence-electron chi connectivity index (χ3n) is 3.15. The molecule has 15 heavy (non-hydrogen) atoms. The Morgan fingerprint density at radius 3 is 2.40 bits per heavy atom. The van der Waals surface area contributed by atoms with Crippen molar-refractivity contribution in [3.05, 3.63) is 34.9 Å². The molecule has 84 valence electrons. The van der Waals surface area contributed by atoms with E-state index in [0.29, 0.717) is 6.54 Å². The van der Waals surface area contributed by atoms with Crippen LogP contribution in [-0.4, -0.2) is 11.7 Å². The van der Waals surface area contributed by atoms with Crippen molar-refractivity contribution in [1.29, 1.82) is 0 Å². The van der Waals surface area contributed by atoms with Crippen LogP contribution < -0.4 is 5.73 Å². The van der Waals surface area contributed by atoms with Crippen LogP contribution in [0.3, 0.4) is 0 Å². The monoisotopic (exact) mass is 207 g/mol. The van der Waals surface area contributed by atoms with Gasteiger partial charge in [-0.1, -0.05) is 25.1 Å². The molecular formula is C13H21NO. The first-order valence-corrected chi connectivity index (χ1v) is 5.55. The second-order valence-electron chi connectivity index (χ2n) is 4.19. The van der Waals surface area contributed by atoms with Crippen LogP contribution in [0.5, 0.6) is 0 Å². The molecule has 0 spiro atoms. The van der Waals surface area contributed by atoms with Crippen molar-refractivity contribution in [2.24, 2.45) is 11.7 Å². The fourth-order valence-corrected chi connectivity index (χ4v) is 1.74. The quantitative estimate of drug-likeness (QED) is 0.796. The lowest BCUT2D eigenvalue weighted by molar-refractivity contribution is 0.110. The zero-order chi connectivity index (χ0) is 11.4. The minimum Gasteiger partial charge on any atom is -0.388 e. The summed E-state index contributed by atoms with van der Waals surface area (Å²) in [6.45, 7) is 6.73. The summed E-state index contributed by atoms with van der Waals surface area (Å²) in [5, 5.41) is 10.1. The van der Waals surface area contributed by atoms with Gasteiger partial charge in [-0.15, -0.1) is 0 Å². The normalized spacial score (nSPS) is 15.0. The van der Waals surface area contributed by atoms with Crippen LogP contribution >= 0.6 is 0 Å². The first-order valence-electron chi connectivity index (χ1n) is 5.55. The van der Waals surface area contributed by atoms with Crippen molar-refractivity contribution in [2.45, 2.75) is 33.3 Å². The van der Waals surface area contributed by atoms with E-state index >= 15 is 0 Å². The summed E-state index contributed by atoms with van der Waals surface area (Å²) in [7, 11) is 0. The Balaban J connectivity index is 2.90. The predicted octanol–water partition coefficient (Wildman–Crippen LogP) is 2.32. The van der Waals surface area contributed by atoms with Crippen LogP contribution in [0.25, 0.3) is 0 Å². The number of benzene rings is 1. The lowest BCUT2D eigenvalue weighted by Crippen LogP contribution is -2.21. The van der Waals surface area contributed by atoms with Crippen LogP contribution in [0.15, 0.2) is 18.2 Å². The van der Waals surface area contributed by atoms with E-state index in [1.165, 1.54) is 11.1 Å². The molecule has 0 fully saturated rings. The highest BCUT2D eigenvalue weighted by Gasteiger charge is 2.17. The Bertz CT molecular complexity index is 318. The minimum atomic E-state index is -0.431. The molecule has 0 aliphatic rings. The van der Waals surface area contributed by atoms with Crippen molar-refractivity contribution in [1.82, 2.24) is 0 Å². The van der Waals surface area contributed by atoms with Gasteiger partial charge in [0.25, 0.3) is 0 Å². The highest BCUT2D eigenvalue weighted by atomic mass is 16.3. The molecule has 0 saturated heterocycles. The van der Waals surface area contributed by atoms with Crippen LogP contribution in [0.2, 0.25) is 0 Å². The summed E-state index contributed by atoms with van der Waals surface area (Å²) < 4.78 is 0. The fourth-order valence-electron chi connectivity index (χ4n) is 1.74. The predicted molar refractivity (Wildman–Crippen MR) is 63.7 cm³/mol. The molecule has 1 rings (SSSR count). The zero-order valence-electron chi connectivity index (χ0n) is 9.83. The van der Waals surface area contributed by atoms with Crippen molar-refractivity contribution in [2.75, 3.05) is 6.54 Å². The SMILES string of the molecule is CCC(CN)C(O)c1ccc(C)c(C)c1. The second kappa shape index (κ2) is 5.29.